The Morgan fingerprint density at radius 2 is 2.11 bits per heavy atom. The molecule has 18 heavy (non-hydrogen) atoms. The van der Waals surface area contributed by atoms with Crippen molar-refractivity contribution in [2.24, 2.45) is 4.99 Å². The highest BCUT2D eigenvalue weighted by Crippen LogP contribution is 2.17. The van der Waals surface area contributed by atoms with Crippen LogP contribution in [0.15, 0.2) is 23.3 Å². The van der Waals surface area contributed by atoms with Crippen LogP contribution in [0.5, 0.6) is 0 Å². The van der Waals surface area contributed by atoms with Gasteiger partial charge < -0.3 is 5.32 Å². The maximum atomic E-state index is 11.6. The van der Waals surface area contributed by atoms with Crippen LogP contribution in [0.3, 0.4) is 0 Å². The molecule has 0 atom stereocenters. The Balaban J connectivity index is 1.95. The number of thioether (sulfide) groups is 1. The van der Waals surface area contributed by atoms with Gasteiger partial charge in [0.2, 0.25) is 0 Å². The van der Waals surface area contributed by atoms with Gasteiger partial charge in [0.25, 0.3) is 0 Å². The zero-order valence-electron chi connectivity index (χ0n) is 9.14. The highest BCUT2D eigenvalue weighted by molar-refractivity contribution is 8.14. The Kier molecular flexibility index (Phi) is 4.16. The van der Waals surface area contributed by atoms with E-state index in [9.17, 15) is 9.59 Å². The van der Waals surface area contributed by atoms with Gasteiger partial charge in [-0.2, -0.15) is 0 Å². The van der Waals surface area contributed by atoms with Gasteiger partial charge in [-0.05, 0) is 12.1 Å². The molecule has 2 rings (SSSR count). The molecule has 0 aliphatic carbocycles. The van der Waals surface area contributed by atoms with Crippen molar-refractivity contribution < 1.29 is 9.59 Å². The standard InChI is InChI=1S/C10H9ClN4O2S/c11-7-6(2-1-3-12-7)14-8(16)9(17)15-10-13-4-5-18-10/h1-3H,4-5H2,(H,14,16)(H,13,15,17). The Hall–Kier alpha value is -1.60. The summed E-state index contributed by atoms with van der Waals surface area (Å²) >= 11 is 7.16. The number of carbonyl (C=O) groups is 2. The molecule has 0 bridgehead atoms. The molecule has 1 aromatic heterocycles. The fourth-order valence-corrected chi connectivity index (χ4v) is 2.11. The third-order valence-corrected chi connectivity index (χ3v) is 3.21. The number of anilines is 1. The number of pyridine rings is 1. The van der Waals surface area contributed by atoms with Crippen molar-refractivity contribution in [3.8, 4) is 0 Å². The second kappa shape index (κ2) is 5.83. The van der Waals surface area contributed by atoms with Crippen LogP contribution >= 0.6 is 23.4 Å². The molecule has 1 aromatic rings. The first kappa shape index (κ1) is 12.8. The Bertz CT molecular complexity index is 520. The van der Waals surface area contributed by atoms with Crippen molar-refractivity contribution in [1.29, 1.82) is 0 Å². The minimum Gasteiger partial charge on any atom is -0.315 e. The normalized spacial score (nSPS) is 13.9. The zero-order chi connectivity index (χ0) is 13.0. The molecule has 0 radical (unpaired) electrons. The second-order valence-electron chi connectivity index (χ2n) is 3.29. The van der Waals surface area contributed by atoms with Crippen molar-refractivity contribution in [3.05, 3.63) is 23.5 Å². The first-order chi connectivity index (χ1) is 8.66. The Morgan fingerprint density at radius 1 is 1.33 bits per heavy atom. The first-order valence-corrected chi connectivity index (χ1v) is 6.43. The van der Waals surface area contributed by atoms with E-state index in [1.165, 1.54) is 18.0 Å². The number of hydrogen-bond donors (Lipinski definition) is 2. The lowest BCUT2D eigenvalue weighted by atomic mass is 10.4. The summed E-state index contributed by atoms with van der Waals surface area (Å²) in [4.78, 5) is 30.9. The third-order valence-electron chi connectivity index (χ3n) is 2.02. The molecular formula is C10H9ClN4O2S. The monoisotopic (exact) mass is 284 g/mol. The lowest BCUT2D eigenvalue weighted by Gasteiger charge is -2.06. The largest absolute Gasteiger partial charge is 0.315 e. The number of rotatable bonds is 1. The summed E-state index contributed by atoms with van der Waals surface area (Å²) in [6, 6.07) is 3.17. The van der Waals surface area contributed by atoms with Gasteiger partial charge in [0.15, 0.2) is 10.3 Å². The summed E-state index contributed by atoms with van der Waals surface area (Å²) < 4.78 is 0. The number of aliphatic imine (C=N–C) groups is 1. The van der Waals surface area contributed by atoms with E-state index in [1.54, 1.807) is 12.1 Å². The van der Waals surface area contributed by atoms with E-state index in [4.69, 9.17) is 11.6 Å². The molecule has 6 nitrogen and oxygen atoms in total. The smallest absolute Gasteiger partial charge is 0.315 e. The molecule has 0 saturated carbocycles. The van der Waals surface area contributed by atoms with E-state index >= 15 is 0 Å². The number of aromatic nitrogens is 1. The maximum absolute atomic E-state index is 11.6. The minimum atomic E-state index is -0.805. The van der Waals surface area contributed by atoms with E-state index in [-0.39, 0.29) is 5.15 Å². The van der Waals surface area contributed by atoms with Crippen molar-refractivity contribution in [1.82, 2.24) is 10.3 Å². The molecule has 0 fully saturated rings. The van der Waals surface area contributed by atoms with Crippen LogP contribution in [-0.4, -0.2) is 34.3 Å². The predicted molar refractivity (Wildman–Crippen MR) is 70.8 cm³/mol. The topological polar surface area (TPSA) is 83.5 Å². The summed E-state index contributed by atoms with van der Waals surface area (Å²) in [5, 5.41) is 5.39. The maximum Gasteiger partial charge on any atom is 0.315 e. The number of halogens is 1. The SMILES string of the molecule is O=C(NC1=NCCS1)C(=O)Nc1cccnc1Cl. The van der Waals surface area contributed by atoms with E-state index in [0.29, 0.717) is 17.4 Å². The lowest BCUT2D eigenvalue weighted by molar-refractivity contribution is -0.135. The first-order valence-electron chi connectivity index (χ1n) is 5.07. The summed E-state index contributed by atoms with van der Waals surface area (Å²) in [6.45, 7) is 0.649. The quantitative estimate of drug-likeness (QED) is 0.593. The molecule has 2 amide bonds. The van der Waals surface area contributed by atoms with Gasteiger partial charge in [-0.3, -0.25) is 19.9 Å². The molecule has 2 heterocycles. The number of amides is 2. The van der Waals surface area contributed by atoms with Crippen molar-refractivity contribution in [2.75, 3.05) is 17.6 Å². The highest BCUT2D eigenvalue weighted by atomic mass is 35.5. The zero-order valence-corrected chi connectivity index (χ0v) is 10.7. The van der Waals surface area contributed by atoms with Crippen molar-refractivity contribution >= 4 is 46.0 Å². The highest BCUT2D eigenvalue weighted by Gasteiger charge is 2.18. The molecule has 2 N–H and O–H groups in total. The van der Waals surface area contributed by atoms with Crippen LogP contribution in [0, 0.1) is 0 Å². The number of carbonyl (C=O) groups excluding carboxylic acids is 2. The van der Waals surface area contributed by atoms with Crippen LogP contribution in [-0.2, 0) is 9.59 Å². The molecule has 1 aliphatic heterocycles. The van der Waals surface area contributed by atoms with Crippen LogP contribution in [0.1, 0.15) is 0 Å². The van der Waals surface area contributed by atoms with E-state index in [1.807, 2.05) is 0 Å². The average molecular weight is 285 g/mol. The van der Waals surface area contributed by atoms with Crippen molar-refractivity contribution in [3.63, 3.8) is 0 Å². The third kappa shape index (κ3) is 3.21. The second-order valence-corrected chi connectivity index (χ2v) is 4.73. The van der Waals surface area contributed by atoms with Crippen LogP contribution in [0.2, 0.25) is 5.15 Å². The van der Waals surface area contributed by atoms with Gasteiger partial charge in [-0.25, -0.2) is 4.98 Å². The molecule has 94 valence electrons. The summed E-state index contributed by atoms with van der Waals surface area (Å²) in [5.74, 6) is -0.769. The van der Waals surface area contributed by atoms with Gasteiger partial charge in [0.05, 0.1) is 12.2 Å². The number of nitrogens with one attached hydrogen (secondary N) is 2. The number of nitrogens with zero attached hydrogens (tertiary/aromatic N) is 2. The van der Waals surface area contributed by atoms with Crippen LogP contribution < -0.4 is 10.6 Å². The predicted octanol–water partition coefficient (Wildman–Crippen LogP) is 0.892. The molecule has 0 spiro atoms. The van der Waals surface area contributed by atoms with Gasteiger partial charge in [-0.1, -0.05) is 23.4 Å². The van der Waals surface area contributed by atoms with Gasteiger partial charge in [-0.15, -0.1) is 0 Å². The van der Waals surface area contributed by atoms with Crippen LogP contribution in [0.4, 0.5) is 5.69 Å². The summed E-state index contributed by atoms with van der Waals surface area (Å²) in [7, 11) is 0. The molecule has 0 saturated heterocycles. The summed E-state index contributed by atoms with van der Waals surface area (Å²) in [6.07, 6.45) is 1.49. The van der Waals surface area contributed by atoms with Crippen LogP contribution in [0.25, 0.3) is 0 Å². The van der Waals surface area contributed by atoms with Gasteiger partial charge >= 0.3 is 11.8 Å². The van der Waals surface area contributed by atoms with E-state index in [0.717, 1.165) is 5.75 Å². The molecule has 0 unspecified atom stereocenters. The average Bonchev–Trinajstić information content (AvgIpc) is 2.84. The molecular weight excluding hydrogens is 276 g/mol. The fourth-order valence-electron chi connectivity index (χ4n) is 1.22. The van der Waals surface area contributed by atoms with E-state index < -0.39 is 11.8 Å². The molecule has 8 heteroatoms. The van der Waals surface area contributed by atoms with Gasteiger partial charge in [0, 0.05) is 11.9 Å². The Morgan fingerprint density at radius 3 is 2.78 bits per heavy atom. The number of hydrogen-bond acceptors (Lipinski definition) is 5. The minimum absolute atomic E-state index is 0.131. The summed E-state index contributed by atoms with van der Waals surface area (Å²) in [5.41, 5.74) is 0.292. The number of amidine groups is 1. The van der Waals surface area contributed by atoms with Crippen molar-refractivity contribution in [2.45, 2.75) is 0 Å². The molecule has 0 aromatic carbocycles. The lowest BCUT2D eigenvalue weighted by Crippen LogP contribution is -2.37. The Labute approximate surface area is 112 Å². The van der Waals surface area contributed by atoms with E-state index in [2.05, 4.69) is 20.6 Å². The van der Waals surface area contributed by atoms with Gasteiger partial charge in [0.1, 0.15) is 0 Å². The fraction of sp³-hybridized carbons (Fsp3) is 0.200. The molecule has 1 aliphatic rings.